The summed E-state index contributed by atoms with van der Waals surface area (Å²) in [7, 11) is 2.95. The van der Waals surface area contributed by atoms with Gasteiger partial charge in [0, 0.05) is 17.7 Å². The first kappa shape index (κ1) is 26.2. The van der Waals surface area contributed by atoms with Crippen molar-refractivity contribution in [3.05, 3.63) is 21.8 Å². The molecule has 0 aliphatic rings. The Morgan fingerprint density at radius 2 is 1.55 bits per heavy atom. The molecule has 4 N–H and O–H groups in total. The Labute approximate surface area is 207 Å². The highest BCUT2D eigenvalue weighted by atomic mass is 127. The molecule has 0 aromatic heterocycles. The van der Waals surface area contributed by atoms with Gasteiger partial charge in [-0.05, 0) is 67.8 Å². The van der Waals surface area contributed by atoms with E-state index in [9.17, 15) is 19.2 Å². The number of carbonyl (C=O) groups excluding carboxylic acids is 3. The normalized spacial score (nSPS) is 10.4. The summed E-state index contributed by atoms with van der Waals surface area (Å²) in [6.45, 7) is -0.254. The Morgan fingerprint density at radius 1 is 0.966 bits per heavy atom. The number of hydrogen-bond acceptors (Lipinski definition) is 6. The van der Waals surface area contributed by atoms with Crippen LogP contribution in [-0.4, -0.2) is 69.3 Å². The van der Waals surface area contributed by atoms with Crippen molar-refractivity contribution in [2.75, 3.05) is 45.8 Å². The van der Waals surface area contributed by atoms with Crippen LogP contribution in [0.4, 0.5) is 5.69 Å². The number of carboxylic acid groups (broad SMARTS) is 1. The van der Waals surface area contributed by atoms with Gasteiger partial charge in [-0.2, -0.15) is 0 Å². The van der Waals surface area contributed by atoms with Crippen LogP contribution in [-0.2, 0) is 19.1 Å². The van der Waals surface area contributed by atoms with Crippen molar-refractivity contribution >= 4 is 97.2 Å². The van der Waals surface area contributed by atoms with Crippen molar-refractivity contribution in [3.8, 4) is 0 Å². The third-order valence-electron chi connectivity index (χ3n) is 3.33. The highest BCUT2D eigenvalue weighted by Gasteiger charge is 2.28. The van der Waals surface area contributed by atoms with Gasteiger partial charge >= 0.3 is 5.97 Å². The van der Waals surface area contributed by atoms with Crippen molar-refractivity contribution in [2.45, 2.75) is 0 Å². The highest BCUT2D eigenvalue weighted by molar-refractivity contribution is 14.1. The molecule has 0 saturated carbocycles. The first-order valence-electron chi connectivity index (χ1n) is 7.94. The Bertz CT molecular complexity index is 818. The molecule has 10 nitrogen and oxygen atoms in total. The molecule has 0 unspecified atom stereocenters. The van der Waals surface area contributed by atoms with Crippen LogP contribution in [0.1, 0.15) is 20.7 Å². The molecule has 0 saturated heterocycles. The third-order valence-corrected chi connectivity index (χ3v) is 6.56. The lowest BCUT2D eigenvalue weighted by molar-refractivity contribution is -0.135. The second-order valence-electron chi connectivity index (χ2n) is 5.32. The molecule has 1 rings (SSSR count). The molecule has 1 aromatic rings. The largest absolute Gasteiger partial charge is 0.480 e. The van der Waals surface area contributed by atoms with Gasteiger partial charge in [0.05, 0.1) is 37.2 Å². The molecule has 29 heavy (non-hydrogen) atoms. The molecule has 0 aliphatic heterocycles. The average Bonchev–Trinajstić information content (AvgIpc) is 2.66. The van der Waals surface area contributed by atoms with Gasteiger partial charge in [0.1, 0.15) is 13.2 Å². The number of methoxy groups -OCH3 is 1. The number of halogens is 3. The fourth-order valence-electron chi connectivity index (χ4n) is 2.02. The van der Waals surface area contributed by atoms with Gasteiger partial charge in [-0.3, -0.25) is 19.2 Å². The maximum atomic E-state index is 12.6. The Kier molecular flexibility index (Phi) is 11.6. The van der Waals surface area contributed by atoms with Gasteiger partial charge in [-0.25, -0.2) is 0 Å². The van der Waals surface area contributed by atoms with Gasteiger partial charge in [-0.1, -0.05) is 0 Å². The molecule has 1 aromatic carbocycles. The molecule has 0 spiro atoms. The van der Waals surface area contributed by atoms with Crippen molar-refractivity contribution < 1.29 is 33.8 Å². The molecule has 3 amide bonds. The zero-order valence-electron chi connectivity index (χ0n) is 15.4. The SMILES string of the molecule is CNC(=O)c1c(I)c(NC(=O)COCCOC)c(I)c(C(=O)NCC(=O)O)c1I. The van der Waals surface area contributed by atoms with Crippen LogP contribution >= 0.6 is 67.8 Å². The van der Waals surface area contributed by atoms with Gasteiger partial charge in [-0.15, -0.1) is 0 Å². The van der Waals surface area contributed by atoms with E-state index in [1.54, 1.807) is 0 Å². The fourth-order valence-corrected chi connectivity index (χ4v) is 6.44. The summed E-state index contributed by atoms with van der Waals surface area (Å²) in [4.78, 5) is 48.0. The predicted octanol–water partition coefficient (Wildman–Crippen LogP) is 1.28. The first-order valence-corrected chi connectivity index (χ1v) is 11.2. The molecule has 160 valence electrons. The zero-order chi connectivity index (χ0) is 22.1. The number of carbonyl (C=O) groups is 4. The summed E-state index contributed by atoms with van der Waals surface area (Å²) in [5, 5.41) is 16.2. The summed E-state index contributed by atoms with van der Waals surface area (Å²) in [5.74, 6) is -2.80. The maximum Gasteiger partial charge on any atom is 0.322 e. The number of nitrogens with one attached hydrogen (secondary N) is 3. The molecular formula is C16H18I3N3O7. The van der Waals surface area contributed by atoms with E-state index in [4.69, 9.17) is 14.6 Å². The van der Waals surface area contributed by atoms with E-state index in [0.29, 0.717) is 17.3 Å². The van der Waals surface area contributed by atoms with E-state index in [0.717, 1.165) is 0 Å². The summed E-state index contributed by atoms with van der Waals surface area (Å²) in [6, 6.07) is 0. The predicted molar refractivity (Wildman–Crippen MR) is 129 cm³/mol. The van der Waals surface area contributed by atoms with Gasteiger partial charge in [0.25, 0.3) is 11.8 Å². The van der Waals surface area contributed by atoms with Gasteiger partial charge in [0.15, 0.2) is 0 Å². The van der Waals surface area contributed by atoms with Gasteiger partial charge in [0.2, 0.25) is 5.91 Å². The number of amides is 3. The number of ether oxygens (including phenoxy) is 2. The maximum absolute atomic E-state index is 12.6. The van der Waals surface area contributed by atoms with Crippen LogP contribution in [0, 0.1) is 10.7 Å². The minimum atomic E-state index is -1.21. The van der Waals surface area contributed by atoms with E-state index in [-0.39, 0.29) is 30.0 Å². The highest BCUT2D eigenvalue weighted by Crippen LogP contribution is 2.35. The summed E-state index contributed by atoms with van der Waals surface area (Å²) < 4.78 is 11.2. The lowest BCUT2D eigenvalue weighted by Gasteiger charge is -2.19. The van der Waals surface area contributed by atoms with Crippen LogP contribution in [0.2, 0.25) is 0 Å². The number of hydrogen-bond donors (Lipinski definition) is 4. The number of anilines is 1. The number of rotatable bonds is 10. The Morgan fingerprint density at radius 3 is 2.07 bits per heavy atom. The van der Waals surface area contributed by atoms with E-state index < -0.39 is 30.2 Å². The molecule has 13 heteroatoms. The summed E-state index contributed by atoms with van der Waals surface area (Å²) >= 11 is 5.65. The van der Waals surface area contributed by atoms with Crippen molar-refractivity contribution in [3.63, 3.8) is 0 Å². The van der Waals surface area contributed by atoms with Crippen LogP contribution in [0.5, 0.6) is 0 Å². The van der Waals surface area contributed by atoms with Crippen LogP contribution < -0.4 is 16.0 Å². The molecule has 0 fully saturated rings. The summed E-state index contributed by atoms with van der Waals surface area (Å²) in [5.41, 5.74) is 0.568. The second kappa shape index (κ2) is 12.8. The van der Waals surface area contributed by atoms with Crippen LogP contribution in [0.15, 0.2) is 0 Å². The smallest absolute Gasteiger partial charge is 0.322 e. The first-order chi connectivity index (χ1) is 13.6. The average molecular weight is 745 g/mol. The van der Waals surface area contributed by atoms with Crippen molar-refractivity contribution in [2.24, 2.45) is 0 Å². The molecule has 0 aliphatic carbocycles. The zero-order valence-corrected chi connectivity index (χ0v) is 21.8. The standard InChI is InChI=1S/C16H18I3N3O7/c1-20-15(26)9-11(17)10(16(27)21-5-8(24)25)13(19)14(12(9)18)22-7(23)6-29-4-3-28-2/h3-6H2,1-2H3,(H,20,26)(H,21,27)(H,22,23)(H,24,25). The van der Waals surface area contributed by atoms with Crippen molar-refractivity contribution in [1.82, 2.24) is 10.6 Å². The lowest BCUT2D eigenvalue weighted by Crippen LogP contribution is -2.32. The van der Waals surface area contributed by atoms with E-state index in [2.05, 4.69) is 16.0 Å². The second-order valence-corrected chi connectivity index (χ2v) is 8.55. The lowest BCUT2D eigenvalue weighted by atomic mass is 10.1. The monoisotopic (exact) mass is 745 g/mol. The topological polar surface area (TPSA) is 143 Å². The molecule has 0 radical (unpaired) electrons. The molecule has 0 atom stereocenters. The Balaban J connectivity index is 3.34. The fraction of sp³-hybridized carbons (Fsp3) is 0.375. The van der Waals surface area contributed by atoms with Crippen molar-refractivity contribution in [1.29, 1.82) is 0 Å². The number of aliphatic carboxylic acids is 1. The van der Waals surface area contributed by atoms with E-state index >= 15 is 0 Å². The minimum Gasteiger partial charge on any atom is -0.480 e. The molecule has 0 bridgehead atoms. The van der Waals surface area contributed by atoms with E-state index in [1.807, 2.05) is 67.8 Å². The third kappa shape index (κ3) is 7.44. The molecular weight excluding hydrogens is 727 g/mol. The van der Waals surface area contributed by atoms with Crippen LogP contribution in [0.3, 0.4) is 0 Å². The van der Waals surface area contributed by atoms with E-state index in [1.165, 1.54) is 14.2 Å². The quantitative estimate of drug-likeness (QED) is 0.209. The number of benzene rings is 1. The number of carboxylic acids is 1. The van der Waals surface area contributed by atoms with Gasteiger partial charge < -0.3 is 30.5 Å². The molecule has 0 heterocycles. The minimum absolute atomic E-state index is 0.0991. The van der Waals surface area contributed by atoms with Crippen LogP contribution in [0.25, 0.3) is 0 Å². The Hall–Kier alpha value is -0.790. The summed E-state index contributed by atoms with van der Waals surface area (Å²) in [6.07, 6.45) is 0.